The quantitative estimate of drug-likeness (QED) is 0.779. The minimum absolute atomic E-state index is 0.0496. The molecule has 0 fully saturated rings. The van der Waals surface area contributed by atoms with E-state index in [4.69, 9.17) is 4.42 Å². The van der Waals surface area contributed by atoms with Crippen molar-refractivity contribution >= 4 is 10.0 Å². The molecular formula is C14H21N5O3S. The third-order valence-corrected chi connectivity index (χ3v) is 5.68. The number of nitrogens with zero attached hydrogens (tertiary/aromatic N) is 5. The molecule has 0 spiro atoms. The molecule has 1 aliphatic rings. The van der Waals surface area contributed by atoms with Gasteiger partial charge in [-0.05, 0) is 13.1 Å². The molecule has 0 atom stereocenters. The van der Waals surface area contributed by atoms with Gasteiger partial charge in [-0.3, -0.25) is 4.90 Å². The molecule has 0 amide bonds. The van der Waals surface area contributed by atoms with Gasteiger partial charge >= 0.3 is 0 Å². The lowest BCUT2D eigenvalue weighted by Crippen LogP contribution is -2.26. The summed E-state index contributed by atoms with van der Waals surface area (Å²) in [6, 6.07) is 0. The van der Waals surface area contributed by atoms with Crippen LogP contribution in [-0.4, -0.2) is 45.2 Å². The molecule has 8 nitrogen and oxygen atoms in total. The van der Waals surface area contributed by atoms with Crippen LogP contribution in [0.5, 0.6) is 0 Å². The Bertz CT molecular complexity index is 768. The molecule has 0 saturated carbocycles. The molecule has 0 aromatic carbocycles. The predicted octanol–water partition coefficient (Wildman–Crippen LogP) is 0.954. The Morgan fingerprint density at radius 1 is 1.30 bits per heavy atom. The van der Waals surface area contributed by atoms with Crippen molar-refractivity contribution in [2.75, 3.05) is 13.1 Å². The fourth-order valence-corrected chi connectivity index (χ4v) is 3.92. The summed E-state index contributed by atoms with van der Waals surface area (Å²) >= 11 is 0. The van der Waals surface area contributed by atoms with Crippen LogP contribution in [-0.2, 0) is 36.7 Å². The van der Waals surface area contributed by atoms with Gasteiger partial charge in [-0.2, -0.15) is 4.31 Å². The van der Waals surface area contributed by atoms with Gasteiger partial charge in [0.2, 0.25) is 5.89 Å². The summed E-state index contributed by atoms with van der Waals surface area (Å²) < 4.78 is 33.8. The first-order valence-electron chi connectivity index (χ1n) is 7.62. The molecule has 126 valence electrons. The Labute approximate surface area is 135 Å². The number of aromatic nitrogens is 3. The lowest BCUT2D eigenvalue weighted by molar-refractivity contribution is 0.256. The second-order valence-electron chi connectivity index (χ2n) is 5.59. The van der Waals surface area contributed by atoms with E-state index in [1.54, 1.807) is 11.6 Å². The topological polar surface area (TPSA) is 84.5 Å². The average molecular weight is 339 g/mol. The minimum atomic E-state index is -3.61. The van der Waals surface area contributed by atoms with Gasteiger partial charge in [0.25, 0.3) is 10.0 Å². The highest BCUT2D eigenvalue weighted by molar-refractivity contribution is 7.89. The number of rotatable bonds is 6. The second-order valence-corrected chi connectivity index (χ2v) is 7.47. The maximum absolute atomic E-state index is 12.5. The fraction of sp³-hybridized carbons (Fsp3) is 0.571. The number of aryl methyl sites for hydroxylation is 1. The lowest BCUT2D eigenvalue weighted by Gasteiger charge is -2.16. The molecule has 0 N–H and O–H groups in total. The van der Waals surface area contributed by atoms with Gasteiger partial charge in [-0.15, -0.1) is 0 Å². The van der Waals surface area contributed by atoms with Crippen LogP contribution in [0.25, 0.3) is 0 Å². The first-order valence-corrected chi connectivity index (χ1v) is 9.06. The highest BCUT2D eigenvalue weighted by Crippen LogP contribution is 2.28. The minimum Gasteiger partial charge on any atom is -0.443 e. The van der Waals surface area contributed by atoms with E-state index in [2.05, 4.69) is 28.7 Å². The number of oxazole rings is 1. The maximum Gasteiger partial charge on any atom is 0.262 e. The molecule has 0 aliphatic carbocycles. The predicted molar refractivity (Wildman–Crippen MR) is 82.8 cm³/mol. The highest BCUT2D eigenvalue weighted by atomic mass is 32.2. The van der Waals surface area contributed by atoms with Crippen molar-refractivity contribution in [2.24, 2.45) is 7.05 Å². The largest absolute Gasteiger partial charge is 0.443 e. The smallest absolute Gasteiger partial charge is 0.262 e. The molecule has 3 heterocycles. The summed E-state index contributed by atoms with van der Waals surface area (Å²) in [6.45, 7) is 7.10. The van der Waals surface area contributed by atoms with Gasteiger partial charge < -0.3 is 8.98 Å². The molecule has 3 rings (SSSR count). The monoisotopic (exact) mass is 339 g/mol. The maximum atomic E-state index is 12.5. The fourth-order valence-electron chi connectivity index (χ4n) is 2.60. The van der Waals surface area contributed by atoms with Gasteiger partial charge in [0.15, 0.2) is 5.03 Å². The summed E-state index contributed by atoms with van der Waals surface area (Å²) in [5, 5.41) is 0.0496. The molecule has 0 bridgehead atoms. The Balaban J connectivity index is 1.74. The average Bonchev–Trinajstić information content (AvgIpc) is 3.18. The number of hydrogen-bond acceptors (Lipinski definition) is 6. The van der Waals surface area contributed by atoms with Crippen LogP contribution in [0.15, 0.2) is 22.0 Å². The molecule has 0 saturated heterocycles. The van der Waals surface area contributed by atoms with E-state index in [1.807, 2.05) is 0 Å². The highest BCUT2D eigenvalue weighted by Gasteiger charge is 2.35. The summed E-state index contributed by atoms with van der Waals surface area (Å²) in [4.78, 5) is 10.6. The Morgan fingerprint density at radius 3 is 2.61 bits per heavy atom. The van der Waals surface area contributed by atoms with E-state index in [-0.39, 0.29) is 18.1 Å². The summed E-state index contributed by atoms with van der Waals surface area (Å²) in [6.07, 6.45) is 2.97. The lowest BCUT2D eigenvalue weighted by atomic mass is 10.4. The van der Waals surface area contributed by atoms with Crippen LogP contribution in [0, 0.1) is 0 Å². The molecule has 1 aliphatic heterocycles. The molecule has 2 aromatic heterocycles. The van der Waals surface area contributed by atoms with Gasteiger partial charge in [0.1, 0.15) is 5.76 Å². The van der Waals surface area contributed by atoms with E-state index >= 15 is 0 Å². The van der Waals surface area contributed by atoms with E-state index in [9.17, 15) is 8.42 Å². The normalized spacial score (nSPS) is 15.5. The van der Waals surface area contributed by atoms with Crippen molar-refractivity contribution in [1.29, 1.82) is 0 Å². The van der Waals surface area contributed by atoms with Crippen molar-refractivity contribution < 1.29 is 12.8 Å². The van der Waals surface area contributed by atoms with Crippen molar-refractivity contribution in [3.63, 3.8) is 0 Å². The van der Waals surface area contributed by atoms with Gasteiger partial charge in [0, 0.05) is 13.2 Å². The van der Waals surface area contributed by atoms with Crippen molar-refractivity contribution in [3.8, 4) is 0 Å². The summed E-state index contributed by atoms with van der Waals surface area (Å²) in [5.41, 5.74) is 0.701. The standard InChI is InChI=1S/C14H21N5O3S/c1-4-18(5-2)8-13-16-11-6-19(7-12(11)22-13)23(20,21)14-9-17(3)10-15-14/h9-10H,4-8H2,1-3H3. The number of imidazole rings is 1. The van der Waals surface area contributed by atoms with E-state index < -0.39 is 10.0 Å². The number of sulfonamides is 1. The van der Waals surface area contributed by atoms with E-state index in [0.717, 1.165) is 13.1 Å². The summed E-state index contributed by atoms with van der Waals surface area (Å²) in [7, 11) is -1.87. The van der Waals surface area contributed by atoms with Crippen LogP contribution >= 0.6 is 0 Å². The molecule has 0 unspecified atom stereocenters. The van der Waals surface area contributed by atoms with Crippen molar-refractivity contribution in [1.82, 2.24) is 23.7 Å². The zero-order chi connectivity index (χ0) is 16.6. The third kappa shape index (κ3) is 3.04. The zero-order valence-electron chi connectivity index (χ0n) is 13.6. The zero-order valence-corrected chi connectivity index (χ0v) is 14.4. The molecule has 9 heteroatoms. The van der Waals surface area contributed by atoms with E-state index in [0.29, 0.717) is 23.9 Å². The Hall–Kier alpha value is -1.71. The van der Waals surface area contributed by atoms with Crippen LogP contribution in [0.2, 0.25) is 0 Å². The summed E-state index contributed by atoms with van der Waals surface area (Å²) in [5.74, 6) is 1.28. The Morgan fingerprint density at radius 2 is 2.04 bits per heavy atom. The first kappa shape index (κ1) is 16.2. The number of fused-ring (bicyclic) bond motifs is 1. The van der Waals surface area contributed by atoms with Crippen LogP contribution < -0.4 is 0 Å². The van der Waals surface area contributed by atoms with Crippen LogP contribution in [0.4, 0.5) is 0 Å². The van der Waals surface area contributed by atoms with Crippen LogP contribution in [0.1, 0.15) is 31.2 Å². The second kappa shape index (κ2) is 6.06. The molecule has 23 heavy (non-hydrogen) atoms. The molecule has 0 radical (unpaired) electrons. The van der Waals surface area contributed by atoms with E-state index in [1.165, 1.54) is 16.8 Å². The first-order chi connectivity index (χ1) is 10.9. The SMILES string of the molecule is CCN(CC)Cc1nc2c(o1)CN(S(=O)(=O)c1cn(C)cn1)C2. The van der Waals surface area contributed by atoms with Gasteiger partial charge in [-0.1, -0.05) is 13.8 Å². The van der Waals surface area contributed by atoms with Gasteiger partial charge in [0.05, 0.1) is 31.7 Å². The Kier molecular flexibility index (Phi) is 4.26. The van der Waals surface area contributed by atoms with Gasteiger partial charge in [-0.25, -0.2) is 18.4 Å². The third-order valence-electron chi connectivity index (χ3n) is 4.01. The van der Waals surface area contributed by atoms with Crippen molar-refractivity contribution in [3.05, 3.63) is 29.9 Å². The van der Waals surface area contributed by atoms with Crippen molar-refractivity contribution in [2.45, 2.75) is 38.5 Å². The van der Waals surface area contributed by atoms with Crippen LogP contribution in [0.3, 0.4) is 0 Å². The molecular weight excluding hydrogens is 318 g/mol. The molecule has 2 aromatic rings. The number of hydrogen-bond donors (Lipinski definition) is 0.